The Morgan fingerprint density at radius 3 is 2.40 bits per heavy atom. The van der Waals surface area contributed by atoms with Gasteiger partial charge in [-0.3, -0.25) is 9.59 Å². The van der Waals surface area contributed by atoms with Gasteiger partial charge in [-0.1, -0.05) is 62.7 Å². The lowest BCUT2D eigenvalue weighted by atomic mass is 9.91. The van der Waals surface area contributed by atoms with Crippen LogP contribution in [0, 0.1) is 12.8 Å². The molecule has 7 heteroatoms. The van der Waals surface area contributed by atoms with Gasteiger partial charge in [0.1, 0.15) is 11.9 Å². The molecular weight excluding hydrogens is 498 g/mol. The first-order valence-electron chi connectivity index (χ1n) is 14.3. The van der Waals surface area contributed by atoms with Crippen LogP contribution in [0.5, 0.6) is 0 Å². The minimum absolute atomic E-state index is 0.00244. The van der Waals surface area contributed by atoms with Crippen molar-refractivity contribution in [3.05, 3.63) is 95.3 Å². The zero-order chi connectivity index (χ0) is 28.0. The molecule has 0 N–H and O–H groups in total. The minimum atomic E-state index is -0.560. The quantitative estimate of drug-likeness (QED) is 0.341. The van der Waals surface area contributed by atoms with E-state index in [9.17, 15) is 9.59 Å². The number of aryl methyl sites for hydroxylation is 1. The van der Waals surface area contributed by atoms with Crippen molar-refractivity contribution in [2.24, 2.45) is 13.0 Å². The Morgan fingerprint density at radius 1 is 0.975 bits per heavy atom. The SMILES string of the molecule is CCC(C)C(C(=O)N1CCN(c2ccccn2)CC1)N1C(=O)c2ccccc2C1c1c(C)n(C)c2ccccc12. The molecule has 0 spiro atoms. The molecule has 0 saturated carbocycles. The van der Waals surface area contributed by atoms with Gasteiger partial charge in [0.25, 0.3) is 5.91 Å². The standard InChI is InChI=1S/C33H37N5O2/c1-5-22(2)30(33(40)37-20-18-36(19-21-37)28-16-10-11-17-34-28)38-31(24-12-6-7-13-25(24)32(38)39)29-23(3)35(4)27-15-9-8-14-26(27)29/h6-17,22,30-31H,5,18-21H2,1-4H3. The highest BCUT2D eigenvalue weighted by atomic mass is 16.2. The number of nitrogens with zero attached hydrogens (tertiary/aromatic N) is 5. The maximum Gasteiger partial charge on any atom is 0.255 e. The highest BCUT2D eigenvalue weighted by Gasteiger charge is 2.48. The van der Waals surface area contributed by atoms with Crippen LogP contribution in [0.4, 0.5) is 5.82 Å². The van der Waals surface area contributed by atoms with E-state index in [1.807, 2.05) is 52.3 Å². The monoisotopic (exact) mass is 535 g/mol. The smallest absolute Gasteiger partial charge is 0.255 e. The van der Waals surface area contributed by atoms with Gasteiger partial charge in [-0.25, -0.2) is 4.98 Å². The largest absolute Gasteiger partial charge is 0.353 e. The summed E-state index contributed by atoms with van der Waals surface area (Å²) in [6.07, 6.45) is 2.60. The number of rotatable bonds is 6. The normalized spacial score (nSPS) is 18.8. The molecular formula is C33H37N5O2. The number of aromatic nitrogens is 2. The first-order chi connectivity index (χ1) is 19.4. The third-order valence-corrected chi connectivity index (χ3v) is 9.02. The van der Waals surface area contributed by atoms with Gasteiger partial charge in [0.2, 0.25) is 5.91 Å². The summed E-state index contributed by atoms with van der Waals surface area (Å²) in [7, 11) is 2.08. The van der Waals surface area contributed by atoms with Gasteiger partial charge in [0, 0.05) is 67.1 Å². The van der Waals surface area contributed by atoms with Crippen LogP contribution in [-0.2, 0) is 11.8 Å². The zero-order valence-corrected chi connectivity index (χ0v) is 23.7. The van der Waals surface area contributed by atoms with E-state index in [0.717, 1.165) is 53.1 Å². The lowest BCUT2D eigenvalue weighted by Gasteiger charge is -2.42. The first kappa shape index (κ1) is 26.1. The van der Waals surface area contributed by atoms with E-state index in [2.05, 4.69) is 66.5 Å². The molecule has 2 aromatic carbocycles. The Balaban J connectivity index is 1.40. The van der Waals surface area contributed by atoms with E-state index >= 15 is 0 Å². The highest BCUT2D eigenvalue weighted by molar-refractivity contribution is 6.03. The molecule has 6 rings (SSSR count). The summed E-state index contributed by atoms with van der Waals surface area (Å²) >= 11 is 0. The number of piperazine rings is 1. The molecule has 2 aromatic heterocycles. The molecule has 2 aliphatic rings. The molecule has 7 nitrogen and oxygen atoms in total. The van der Waals surface area contributed by atoms with Crippen LogP contribution in [0.25, 0.3) is 10.9 Å². The number of hydrogen-bond donors (Lipinski definition) is 0. The maximum absolute atomic E-state index is 14.4. The predicted molar refractivity (Wildman–Crippen MR) is 158 cm³/mol. The summed E-state index contributed by atoms with van der Waals surface area (Å²) in [5, 5.41) is 1.13. The molecule has 1 saturated heterocycles. The van der Waals surface area contributed by atoms with Crippen LogP contribution in [0.1, 0.15) is 53.5 Å². The Bertz CT molecular complexity index is 1550. The number of carbonyl (C=O) groups is 2. The molecule has 1 fully saturated rings. The average molecular weight is 536 g/mol. The Morgan fingerprint density at radius 2 is 1.68 bits per heavy atom. The van der Waals surface area contributed by atoms with Crippen LogP contribution < -0.4 is 4.90 Å². The molecule has 206 valence electrons. The van der Waals surface area contributed by atoms with Crippen LogP contribution >= 0.6 is 0 Å². The Kier molecular flexibility index (Phi) is 6.82. The second-order valence-electron chi connectivity index (χ2n) is 11.1. The summed E-state index contributed by atoms with van der Waals surface area (Å²) in [5.74, 6) is 0.917. The van der Waals surface area contributed by atoms with Gasteiger partial charge in [0.15, 0.2) is 0 Å². The molecule has 4 aromatic rings. The average Bonchev–Trinajstić information content (AvgIpc) is 3.42. The van der Waals surface area contributed by atoms with Gasteiger partial charge in [-0.2, -0.15) is 0 Å². The molecule has 3 unspecified atom stereocenters. The number of fused-ring (bicyclic) bond motifs is 2. The van der Waals surface area contributed by atoms with E-state index in [4.69, 9.17) is 0 Å². The van der Waals surface area contributed by atoms with E-state index in [0.29, 0.717) is 18.7 Å². The number of para-hydroxylation sites is 1. The fraction of sp³-hybridized carbons (Fsp3) is 0.364. The predicted octanol–water partition coefficient (Wildman–Crippen LogP) is 5.19. The van der Waals surface area contributed by atoms with E-state index < -0.39 is 6.04 Å². The van der Waals surface area contributed by atoms with Gasteiger partial charge in [-0.15, -0.1) is 0 Å². The number of anilines is 1. The second-order valence-corrected chi connectivity index (χ2v) is 11.1. The summed E-state index contributed by atoms with van der Waals surface area (Å²) in [4.78, 5) is 39.3. The van der Waals surface area contributed by atoms with Crippen molar-refractivity contribution >= 4 is 28.5 Å². The van der Waals surface area contributed by atoms with Crippen LogP contribution in [0.3, 0.4) is 0 Å². The van der Waals surface area contributed by atoms with Gasteiger partial charge < -0.3 is 19.3 Å². The van der Waals surface area contributed by atoms with Crippen molar-refractivity contribution in [3.63, 3.8) is 0 Å². The Hall–Kier alpha value is -4.13. The molecule has 40 heavy (non-hydrogen) atoms. The summed E-state index contributed by atoms with van der Waals surface area (Å²) in [6.45, 7) is 8.98. The minimum Gasteiger partial charge on any atom is -0.353 e. The number of carbonyl (C=O) groups excluding carboxylic acids is 2. The molecule has 0 aliphatic carbocycles. The van der Waals surface area contributed by atoms with Crippen molar-refractivity contribution in [2.75, 3.05) is 31.1 Å². The fourth-order valence-corrected chi connectivity index (χ4v) is 6.56. The number of amides is 2. The van der Waals surface area contributed by atoms with Gasteiger partial charge in [-0.05, 0) is 42.7 Å². The summed E-state index contributed by atoms with van der Waals surface area (Å²) in [6, 6.07) is 21.3. The molecule has 3 atom stereocenters. The van der Waals surface area contributed by atoms with Crippen LogP contribution in [-0.4, -0.2) is 63.4 Å². The summed E-state index contributed by atoms with van der Waals surface area (Å²) < 4.78 is 2.20. The van der Waals surface area contributed by atoms with Crippen molar-refractivity contribution in [1.82, 2.24) is 19.4 Å². The second kappa shape index (κ2) is 10.5. The molecule has 2 aliphatic heterocycles. The molecule has 0 radical (unpaired) electrons. The third-order valence-electron chi connectivity index (χ3n) is 9.02. The van der Waals surface area contributed by atoms with Crippen LogP contribution in [0.2, 0.25) is 0 Å². The number of hydrogen-bond acceptors (Lipinski definition) is 4. The van der Waals surface area contributed by atoms with Gasteiger partial charge in [0.05, 0.1) is 6.04 Å². The van der Waals surface area contributed by atoms with E-state index in [1.54, 1.807) is 6.20 Å². The van der Waals surface area contributed by atoms with Crippen LogP contribution in [0.15, 0.2) is 72.9 Å². The maximum atomic E-state index is 14.4. The van der Waals surface area contributed by atoms with Crippen molar-refractivity contribution in [3.8, 4) is 0 Å². The summed E-state index contributed by atoms with van der Waals surface area (Å²) in [5.41, 5.74) is 5.02. The van der Waals surface area contributed by atoms with E-state index in [1.165, 1.54) is 0 Å². The molecule has 4 heterocycles. The number of pyridine rings is 1. The molecule has 0 bridgehead atoms. The molecule has 2 amide bonds. The zero-order valence-electron chi connectivity index (χ0n) is 23.7. The topological polar surface area (TPSA) is 61.7 Å². The lowest BCUT2D eigenvalue weighted by Crippen LogP contribution is -2.57. The third kappa shape index (κ3) is 4.15. The van der Waals surface area contributed by atoms with E-state index in [-0.39, 0.29) is 23.8 Å². The highest BCUT2D eigenvalue weighted by Crippen LogP contribution is 2.45. The van der Waals surface area contributed by atoms with Crippen molar-refractivity contribution < 1.29 is 9.59 Å². The van der Waals surface area contributed by atoms with Crippen molar-refractivity contribution in [2.45, 2.75) is 39.3 Å². The fourth-order valence-electron chi connectivity index (χ4n) is 6.56. The lowest BCUT2D eigenvalue weighted by molar-refractivity contribution is -0.138. The number of benzene rings is 2. The van der Waals surface area contributed by atoms with Gasteiger partial charge >= 0.3 is 0 Å². The Labute approximate surface area is 236 Å². The van der Waals surface area contributed by atoms with Crippen molar-refractivity contribution in [1.29, 1.82) is 0 Å². The first-order valence-corrected chi connectivity index (χ1v) is 14.3.